The van der Waals surface area contributed by atoms with Gasteiger partial charge in [0.1, 0.15) is 0 Å². The molecule has 0 aliphatic rings. The molecular weight excluding hydrogens is 360 g/mol. The van der Waals surface area contributed by atoms with Gasteiger partial charge in [-0.25, -0.2) is 0 Å². The van der Waals surface area contributed by atoms with Crippen LogP contribution in [0.4, 0.5) is 5.13 Å². The summed E-state index contributed by atoms with van der Waals surface area (Å²) in [5, 5.41) is 10.9. The molecule has 0 fully saturated rings. The largest absolute Gasteiger partial charge is 0.493 e. The molecule has 0 aliphatic carbocycles. The van der Waals surface area contributed by atoms with Crippen LogP contribution in [0.3, 0.4) is 0 Å². The third-order valence-electron chi connectivity index (χ3n) is 3.49. The first-order valence-electron chi connectivity index (χ1n) is 7.81. The molecule has 1 heterocycles. The quantitative estimate of drug-likeness (QED) is 0.642. The minimum absolute atomic E-state index is 0.0123. The number of carbonyl (C=O) groups is 1. The van der Waals surface area contributed by atoms with E-state index in [2.05, 4.69) is 15.5 Å². The number of nitrogens with one attached hydrogen (secondary N) is 1. The smallest absolute Gasteiger partial charge is 0.233 e. The number of thioether (sulfide) groups is 1. The van der Waals surface area contributed by atoms with Gasteiger partial charge in [0.05, 0.1) is 19.5 Å². The molecule has 0 aliphatic heterocycles. The van der Waals surface area contributed by atoms with Gasteiger partial charge in [-0.15, -0.1) is 10.2 Å². The third kappa shape index (κ3) is 5.50. The highest BCUT2D eigenvalue weighted by molar-refractivity contribution is 8.02. The summed E-state index contributed by atoms with van der Waals surface area (Å²) in [4.78, 5) is 12.3. The van der Waals surface area contributed by atoms with Crippen LogP contribution >= 0.6 is 23.1 Å². The molecule has 2 rings (SSSR count). The minimum Gasteiger partial charge on any atom is -0.493 e. The van der Waals surface area contributed by atoms with Crippen molar-refractivity contribution in [1.82, 2.24) is 15.5 Å². The standard InChI is InChI=1S/C16H22N4O3S2/c1-4-13(24-16-20-19-15(17)25-16)14(21)18-8-7-10-5-6-11(22-2)12(9-10)23-3/h5-6,9,13H,4,7-8H2,1-3H3,(H2,17,19)(H,18,21). The van der Waals surface area contributed by atoms with Gasteiger partial charge in [-0.05, 0) is 30.5 Å². The summed E-state index contributed by atoms with van der Waals surface area (Å²) in [6.45, 7) is 2.51. The second-order valence-electron chi connectivity index (χ2n) is 5.15. The molecule has 1 amide bonds. The molecule has 1 aromatic heterocycles. The third-order valence-corrected chi connectivity index (χ3v) is 5.69. The predicted octanol–water partition coefficient (Wildman–Crippen LogP) is 2.37. The van der Waals surface area contributed by atoms with Crippen molar-refractivity contribution >= 4 is 34.1 Å². The first kappa shape index (κ1) is 19.3. The van der Waals surface area contributed by atoms with Crippen LogP contribution in [-0.2, 0) is 11.2 Å². The summed E-state index contributed by atoms with van der Waals surface area (Å²) in [5.41, 5.74) is 6.64. The molecule has 3 N–H and O–H groups in total. The van der Waals surface area contributed by atoms with E-state index in [0.717, 1.165) is 5.56 Å². The van der Waals surface area contributed by atoms with E-state index >= 15 is 0 Å². The Labute approximate surface area is 155 Å². The molecule has 1 unspecified atom stereocenters. The fourth-order valence-corrected chi connectivity index (χ4v) is 4.02. The van der Waals surface area contributed by atoms with Gasteiger partial charge in [-0.2, -0.15) is 0 Å². The van der Waals surface area contributed by atoms with Crippen molar-refractivity contribution in [2.45, 2.75) is 29.4 Å². The van der Waals surface area contributed by atoms with Gasteiger partial charge in [0.25, 0.3) is 0 Å². The van der Waals surface area contributed by atoms with E-state index in [1.807, 2.05) is 25.1 Å². The zero-order valence-corrected chi connectivity index (χ0v) is 16.1. The molecule has 25 heavy (non-hydrogen) atoms. The Morgan fingerprint density at radius 2 is 2.08 bits per heavy atom. The van der Waals surface area contributed by atoms with Crippen molar-refractivity contribution < 1.29 is 14.3 Å². The number of amides is 1. The Morgan fingerprint density at radius 3 is 2.68 bits per heavy atom. The van der Waals surface area contributed by atoms with Gasteiger partial charge in [0, 0.05) is 6.54 Å². The second kappa shape index (κ2) is 9.47. The van der Waals surface area contributed by atoms with Crippen LogP contribution in [0.2, 0.25) is 0 Å². The molecule has 1 atom stereocenters. The van der Waals surface area contributed by atoms with Gasteiger partial charge >= 0.3 is 0 Å². The maximum absolute atomic E-state index is 12.3. The van der Waals surface area contributed by atoms with Crippen molar-refractivity contribution in [1.29, 1.82) is 0 Å². The van der Waals surface area contributed by atoms with Crippen molar-refractivity contribution in [2.24, 2.45) is 0 Å². The zero-order chi connectivity index (χ0) is 18.2. The number of nitrogens with zero attached hydrogens (tertiary/aromatic N) is 2. The monoisotopic (exact) mass is 382 g/mol. The lowest BCUT2D eigenvalue weighted by Gasteiger charge is -2.13. The number of ether oxygens (including phenoxy) is 2. The minimum atomic E-state index is -0.210. The molecule has 0 saturated carbocycles. The Balaban J connectivity index is 1.86. The lowest BCUT2D eigenvalue weighted by atomic mass is 10.1. The summed E-state index contributed by atoms with van der Waals surface area (Å²) >= 11 is 2.68. The number of hydrogen-bond donors (Lipinski definition) is 2. The number of rotatable bonds is 9. The lowest BCUT2D eigenvalue weighted by molar-refractivity contribution is -0.120. The molecule has 0 saturated heterocycles. The van der Waals surface area contributed by atoms with Gasteiger partial charge in [-0.1, -0.05) is 36.1 Å². The summed E-state index contributed by atoms with van der Waals surface area (Å²) in [5.74, 6) is 1.36. The van der Waals surface area contributed by atoms with Crippen LogP contribution in [0.25, 0.3) is 0 Å². The van der Waals surface area contributed by atoms with E-state index in [1.54, 1.807) is 14.2 Å². The van der Waals surface area contributed by atoms with Crippen molar-refractivity contribution in [3.05, 3.63) is 23.8 Å². The molecular formula is C16H22N4O3S2. The lowest BCUT2D eigenvalue weighted by Crippen LogP contribution is -2.33. The maximum Gasteiger partial charge on any atom is 0.233 e. The highest BCUT2D eigenvalue weighted by atomic mass is 32.2. The molecule has 136 valence electrons. The number of benzene rings is 1. The fourth-order valence-electron chi connectivity index (χ4n) is 2.19. The number of methoxy groups -OCH3 is 2. The molecule has 0 bridgehead atoms. The van der Waals surface area contributed by atoms with Crippen LogP contribution in [-0.4, -0.2) is 42.1 Å². The van der Waals surface area contributed by atoms with Crippen LogP contribution < -0.4 is 20.5 Å². The zero-order valence-electron chi connectivity index (χ0n) is 14.4. The van der Waals surface area contributed by atoms with Crippen molar-refractivity contribution in [3.8, 4) is 11.5 Å². The van der Waals surface area contributed by atoms with Crippen LogP contribution in [0.15, 0.2) is 22.5 Å². The van der Waals surface area contributed by atoms with Crippen LogP contribution in [0.1, 0.15) is 18.9 Å². The number of anilines is 1. The topological polar surface area (TPSA) is 99.4 Å². The van der Waals surface area contributed by atoms with Crippen molar-refractivity contribution in [2.75, 3.05) is 26.5 Å². The van der Waals surface area contributed by atoms with Crippen LogP contribution in [0.5, 0.6) is 11.5 Å². The number of carbonyl (C=O) groups excluding carboxylic acids is 1. The van der Waals surface area contributed by atoms with E-state index in [1.165, 1.54) is 23.1 Å². The van der Waals surface area contributed by atoms with E-state index in [4.69, 9.17) is 15.2 Å². The molecule has 9 heteroatoms. The summed E-state index contributed by atoms with van der Waals surface area (Å²) in [7, 11) is 3.21. The fraction of sp³-hybridized carbons (Fsp3) is 0.438. The SMILES string of the molecule is CCC(Sc1nnc(N)s1)C(=O)NCCc1ccc(OC)c(OC)c1. The highest BCUT2D eigenvalue weighted by Crippen LogP contribution is 2.29. The molecule has 0 spiro atoms. The van der Waals surface area contributed by atoms with Gasteiger partial charge in [0.2, 0.25) is 11.0 Å². The average Bonchev–Trinajstić information content (AvgIpc) is 3.04. The Bertz CT molecular complexity index is 708. The molecule has 2 aromatic rings. The Morgan fingerprint density at radius 1 is 1.32 bits per heavy atom. The van der Waals surface area contributed by atoms with E-state index < -0.39 is 0 Å². The van der Waals surface area contributed by atoms with Crippen LogP contribution in [0, 0.1) is 0 Å². The first-order valence-corrected chi connectivity index (χ1v) is 9.51. The molecule has 1 aromatic carbocycles. The van der Waals surface area contributed by atoms with Gasteiger partial charge < -0.3 is 20.5 Å². The van der Waals surface area contributed by atoms with Gasteiger partial charge in [-0.3, -0.25) is 4.79 Å². The van der Waals surface area contributed by atoms with E-state index in [9.17, 15) is 4.79 Å². The van der Waals surface area contributed by atoms with E-state index in [0.29, 0.717) is 40.4 Å². The Kier molecular flexibility index (Phi) is 7.32. The summed E-state index contributed by atoms with van der Waals surface area (Å²) < 4.78 is 11.2. The predicted molar refractivity (Wildman–Crippen MR) is 101 cm³/mol. The Hall–Kier alpha value is -2.00. The number of nitrogens with two attached hydrogens (primary N) is 1. The summed E-state index contributed by atoms with van der Waals surface area (Å²) in [6.07, 6.45) is 1.41. The normalized spacial score (nSPS) is 11.8. The maximum atomic E-state index is 12.3. The molecule has 0 radical (unpaired) electrons. The first-order chi connectivity index (χ1) is 12.1. The average molecular weight is 383 g/mol. The summed E-state index contributed by atoms with van der Waals surface area (Å²) in [6, 6.07) is 5.74. The van der Waals surface area contributed by atoms with E-state index in [-0.39, 0.29) is 11.2 Å². The second-order valence-corrected chi connectivity index (χ2v) is 7.61. The van der Waals surface area contributed by atoms with Gasteiger partial charge in [0.15, 0.2) is 15.8 Å². The number of aromatic nitrogens is 2. The number of hydrogen-bond acceptors (Lipinski definition) is 8. The number of nitrogen functional groups attached to an aromatic ring is 1. The molecule has 7 nitrogen and oxygen atoms in total. The highest BCUT2D eigenvalue weighted by Gasteiger charge is 2.19. The van der Waals surface area contributed by atoms with Crippen molar-refractivity contribution in [3.63, 3.8) is 0 Å².